The summed E-state index contributed by atoms with van der Waals surface area (Å²) in [7, 11) is 0. The highest BCUT2D eigenvalue weighted by atomic mass is 79.9. The Hall–Kier alpha value is -1.53. The molecule has 0 aliphatic rings. The third-order valence-corrected chi connectivity index (χ3v) is 4.28. The van der Waals surface area contributed by atoms with E-state index in [9.17, 15) is 8.78 Å². The quantitative estimate of drug-likeness (QED) is 0.646. The van der Waals surface area contributed by atoms with Gasteiger partial charge in [-0.1, -0.05) is 12.1 Å². The first-order chi connectivity index (χ1) is 10.0. The highest BCUT2D eigenvalue weighted by molar-refractivity contribution is 9.10. The molecule has 0 saturated carbocycles. The van der Waals surface area contributed by atoms with E-state index < -0.39 is 0 Å². The topological polar surface area (TPSA) is 20.7 Å². The molecule has 108 valence electrons. The maximum Gasteiger partial charge on any atom is 0.178 e. The normalized spacial score (nSPS) is 11.2. The lowest BCUT2D eigenvalue weighted by atomic mass is 10.1. The molecule has 0 aliphatic heterocycles. The number of nitrogens with zero attached hydrogens (tertiary/aromatic N) is 1. The molecule has 0 atom stereocenters. The lowest BCUT2D eigenvalue weighted by molar-refractivity contribution is 0.620. The van der Waals surface area contributed by atoms with Gasteiger partial charge in [-0.3, -0.25) is 0 Å². The molecule has 0 unspecified atom stereocenters. The SMILES string of the molecule is Fc1ccc(CCn2c(=S)[nH]c3cc(Br)c(F)cc32)cc1. The number of fused-ring (bicyclic) bond motifs is 1. The van der Waals surface area contributed by atoms with Gasteiger partial charge in [0.15, 0.2) is 4.77 Å². The minimum Gasteiger partial charge on any atom is -0.331 e. The molecule has 21 heavy (non-hydrogen) atoms. The van der Waals surface area contributed by atoms with Crippen molar-refractivity contribution >= 4 is 39.2 Å². The van der Waals surface area contributed by atoms with Gasteiger partial charge in [-0.05, 0) is 58.3 Å². The molecule has 0 spiro atoms. The van der Waals surface area contributed by atoms with Crippen LogP contribution in [-0.4, -0.2) is 9.55 Å². The predicted octanol–water partition coefficient (Wildman–Crippen LogP) is 4.98. The van der Waals surface area contributed by atoms with Gasteiger partial charge in [-0.2, -0.15) is 0 Å². The van der Waals surface area contributed by atoms with E-state index in [1.807, 2.05) is 4.57 Å². The summed E-state index contributed by atoms with van der Waals surface area (Å²) in [4.78, 5) is 3.06. The van der Waals surface area contributed by atoms with Gasteiger partial charge in [0.05, 0.1) is 15.5 Å². The molecule has 1 N–H and O–H groups in total. The molecule has 2 aromatic carbocycles. The minimum atomic E-state index is -0.327. The van der Waals surface area contributed by atoms with Crippen LogP contribution in [0.4, 0.5) is 8.78 Å². The van der Waals surface area contributed by atoms with E-state index in [0.29, 0.717) is 22.2 Å². The highest BCUT2D eigenvalue weighted by Gasteiger charge is 2.09. The van der Waals surface area contributed by atoms with Crippen LogP contribution in [-0.2, 0) is 13.0 Å². The first-order valence-corrected chi connectivity index (χ1v) is 7.57. The molecule has 1 heterocycles. The fourth-order valence-electron chi connectivity index (χ4n) is 2.27. The molecule has 0 amide bonds. The van der Waals surface area contributed by atoms with Crippen LogP contribution in [0.3, 0.4) is 0 Å². The summed E-state index contributed by atoms with van der Waals surface area (Å²) in [6, 6.07) is 9.47. The summed E-state index contributed by atoms with van der Waals surface area (Å²) in [5, 5.41) is 0. The Kier molecular flexibility index (Phi) is 3.91. The number of hydrogen-bond acceptors (Lipinski definition) is 1. The number of nitrogens with one attached hydrogen (secondary N) is 1. The van der Waals surface area contributed by atoms with Crippen LogP contribution in [0.25, 0.3) is 11.0 Å². The van der Waals surface area contributed by atoms with Crippen molar-refractivity contribution in [2.24, 2.45) is 0 Å². The van der Waals surface area contributed by atoms with E-state index in [1.165, 1.54) is 18.2 Å². The molecule has 6 heteroatoms. The largest absolute Gasteiger partial charge is 0.331 e. The van der Waals surface area contributed by atoms with Gasteiger partial charge in [-0.15, -0.1) is 0 Å². The van der Waals surface area contributed by atoms with E-state index in [0.717, 1.165) is 16.6 Å². The van der Waals surface area contributed by atoms with E-state index in [1.54, 1.807) is 18.2 Å². The Balaban J connectivity index is 1.93. The maximum atomic E-state index is 13.7. The first kappa shape index (κ1) is 14.4. The third-order valence-electron chi connectivity index (χ3n) is 3.35. The minimum absolute atomic E-state index is 0.255. The van der Waals surface area contributed by atoms with Crippen molar-refractivity contribution in [3.63, 3.8) is 0 Å². The number of halogens is 3. The number of imidazole rings is 1. The van der Waals surface area contributed by atoms with Gasteiger partial charge < -0.3 is 9.55 Å². The van der Waals surface area contributed by atoms with E-state index in [-0.39, 0.29) is 11.6 Å². The summed E-state index contributed by atoms with van der Waals surface area (Å²) in [5.41, 5.74) is 2.51. The number of benzene rings is 2. The summed E-state index contributed by atoms with van der Waals surface area (Å²) >= 11 is 8.44. The van der Waals surface area contributed by atoms with Crippen molar-refractivity contribution in [2.75, 3.05) is 0 Å². The van der Waals surface area contributed by atoms with Gasteiger partial charge in [0.1, 0.15) is 11.6 Å². The molecule has 0 radical (unpaired) electrons. The Bertz CT molecular complexity index is 852. The second-order valence-electron chi connectivity index (χ2n) is 4.74. The zero-order valence-corrected chi connectivity index (χ0v) is 13.3. The van der Waals surface area contributed by atoms with E-state index in [4.69, 9.17) is 12.2 Å². The fraction of sp³-hybridized carbons (Fsp3) is 0.133. The number of aromatic nitrogens is 2. The second-order valence-corrected chi connectivity index (χ2v) is 5.98. The second kappa shape index (κ2) is 5.69. The van der Waals surface area contributed by atoms with Crippen molar-refractivity contribution < 1.29 is 8.78 Å². The number of rotatable bonds is 3. The molecule has 0 saturated heterocycles. The standard InChI is InChI=1S/C15H11BrF2N2S/c16-11-7-13-14(8-12(11)18)20(15(21)19-13)6-5-9-1-3-10(17)4-2-9/h1-4,7-8H,5-6H2,(H,19,21). The zero-order valence-electron chi connectivity index (χ0n) is 10.9. The van der Waals surface area contributed by atoms with E-state index >= 15 is 0 Å². The maximum absolute atomic E-state index is 13.7. The van der Waals surface area contributed by atoms with E-state index in [2.05, 4.69) is 20.9 Å². The summed E-state index contributed by atoms with van der Waals surface area (Å²) < 4.78 is 29.4. The van der Waals surface area contributed by atoms with Gasteiger partial charge in [-0.25, -0.2) is 8.78 Å². The molecule has 0 aliphatic carbocycles. The average Bonchev–Trinajstić information content (AvgIpc) is 2.74. The van der Waals surface area contributed by atoms with Crippen LogP contribution in [0.1, 0.15) is 5.56 Å². The van der Waals surface area contributed by atoms with Crippen LogP contribution < -0.4 is 0 Å². The van der Waals surface area contributed by atoms with Crippen LogP contribution in [0.5, 0.6) is 0 Å². The molecule has 0 fully saturated rings. The zero-order chi connectivity index (χ0) is 15.0. The molecule has 3 aromatic rings. The molecular formula is C15H11BrF2N2S. The summed E-state index contributed by atoms with van der Waals surface area (Å²) in [6.07, 6.45) is 0.694. The van der Waals surface area contributed by atoms with Crippen LogP contribution >= 0.6 is 28.1 Å². The molecule has 3 rings (SSSR count). The molecule has 1 aromatic heterocycles. The van der Waals surface area contributed by atoms with Gasteiger partial charge in [0.25, 0.3) is 0 Å². The predicted molar refractivity (Wildman–Crippen MR) is 84.9 cm³/mol. The van der Waals surface area contributed by atoms with Crippen LogP contribution in [0, 0.1) is 16.4 Å². The number of H-pyrrole nitrogens is 1. The van der Waals surface area contributed by atoms with Crippen molar-refractivity contribution in [1.29, 1.82) is 0 Å². The van der Waals surface area contributed by atoms with Gasteiger partial charge >= 0.3 is 0 Å². The summed E-state index contributed by atoms with van der Waals surface area (Å²) in [5.74, 6) is -0.582. The fourth-order valence-corrected chi connectivity index (χ4v) is 2.91. The van der Waals surface area contributed by atoms with Gasteiger partial charge in [0.2, 0.25) is 0 Å². The number of hydrogen-bond donors (Lipinski definition) is 1. The Morgan fingerprint density at radius 1 is 1.14 bits per heavy atom. The number of aromatic amines is 1. The van der Waals surface area contributed by atoms with Crippen molar-refractivity contribution in [3.8, 4) is 0 Å². The van der Waals surface area contributed by atoms with Crippen LogP contribution in [0.2, 0.25) is 0 Å². The van der Waals surface area contributed by atoms with Crippen molar-refractivity contribution in [2.45, 2.75) is 13.0 Å². The number of aryl methyl sites for hydroxylation is 2. The molecule has 0 bridgehead atoms. The smallest absolute Gasteiger partial charge is 0.178 e. The lowest BCUT2D eigenvalue weighted by Gasteiger charge is -2.05. The monoisotopic (exact) mass is 368 g/mol. The Morgan fingerprint density at radius 3 is 2.57 bits per heavy atom. The Labute approximate surface area is 133 Å². The molecular weight excluding hydrogens is 358 g/mol. The first-order valence-electron chi connectivity index (χ1n) is 6.36. The summed E-state index contributed by atoms with van der Waals surface area (Å²) in [6.45, 7) is 0.603. The average molecular weight is 369 g/mol. The highest BCUT2D eigenvalue weighted by Crippen LogP contribution is 2.23. The van der Waals surface area contributed by atoms with Crippen molar-refractivity contribution in [3.05, 3.63) is 62.8 Å². The van der Waals surface area contributed by atoms with Crippen molar-refractivity contribution in [1.82, 2.24) is 9.55 Å². The van der Waals surface area contributed by atoms with Gasteiger partial charge in [0, 0.05) is 12.6 Å². The molecule has 2 nitrogen and oxygen atoms in total. The lowest BCUT2D eigenvalue weighted by Crippen LogP contribution is -2.01. The third kappa shape index (κ3) is 2.91. The Morgan fingerprint density at radius 2 is 1.86 bits per heavy atom. The van der Waals surface area contributed by atoms with Crippen LogP contribution in [0.15, 0.2) is 40.9 Å².